The van der Waals surface area contributed by atoms with Gasteiger partial charge in [-0.2, -0.15) is 5.10 Å². The smallest absolute Gasteiger partial charge is 0.0604 e. The largest absolute Gasteiger partial charge is 0.311 e. The van der Waals surface area contributed by atoms with E-state index >= 15 is 0 Å². The summed E-state index contributed by atoms with van der Waals surface area (Å²) in [5.41, 5.74) is 2.35. The number of rotatable bonds is 4. The van der Waals surface area contributed by atoms with Crippen molar-refractivity contribution in [3.05, 3.63) is 66.0 Å². The molecule has 2 aromatic carbocycles. The molecule has 0 fully saturated rings. The summed E-state index contributed by atoms with van der Waals surface area (Å²) in [7, 11) is 2.00. The van der Waals surface area contributed by atoms with Crippen LogP contribution in [0.3, 0.4) is 0 Å². The number of benzene rings is 2. The van der Waals surface area contributed by atoms with Crippen LogP contribution in [0.5, 0.6) is 0 Å². The topological polar surface area (TPSA) is 29.9 Å². The van der Waals surface area contributed by atoms with Crippen LogP contribution < -0.4 is 5.32 Å². The van der Waals surface area contributed by atoms with Gasteiger partial charge in [-0.15, -0.1) is 0 Å². The summed E-state index contributed by atoms with van der Waals surface area (Å²) in [6, 6.07) is 17.4. The highest BCUT2D eigenvalue weighted by Gasteiger charge is 2.11. The Labute approximate surface area is 119 Å². The highest BCUT2D eigenvalue weighted by molar-refractivity contribution is 5.83. The number of hydrogen-bond acceptors (Lipinski definition) is 2. The Bertz CT molecular complexity index is 715. The molecule has 0 aliphatic rings. The van der Waals surface area contributed by atoms with E-state index in [1.165, 1.54) is 16.3 Å². The third-order valence-corrected chi connectivity index (χ3v) is 3.67. The number of aryl methyl sites for hydroxylation is 1. The van der Waals surface area contributed by atoms with Gasteiger partial charge >= 0.3 is 0 Å². The molecule has 3 nitrogen and oxygen atoms in total. The molecule has 0 saturated carbocycles. The lowest BCUT2D eigenvalue weighted by molar-refractivity contribution is 0.467. The molecule has 3 aromatic rings. The molecule has 0 bridgehead atoms. The number of nitrogens with zero attached hydrogens (tertiary/aromatic N) is 2. The molecule has 20 heavy (non-hydrogen) atoms. The van der Waals surface area contributed by atoms with E-state index in [1.54, 1.807) is 0 Å². The van der Waals surface area contributed by atoms with Gasteiger partial charge in [0.15, 0.2) is 0 Å². The first-order valence-corrected chi connectivity index (χ1v) is 6.92. The first-order valence-electron chi connectivity index (χ1n) is 6.92. The molecule has 1 aromatic heterocycles. The van der Waals surface area contributed by atoms with E-state index in [9.17, 15) is 0 Å². The number of fused-ring (bicyclic) bond motifs is 1. The van der Waals surface area contributed by atoms with Crippen LogP contribution in [0.25, 0.3) is 10.8 Å². The fourth-order valence-corrected chi connectivity index (χ4v) is 2.54. The third kappa shape index (κ3) is 2.58. The van der Waals surface area contributed by atoms with Gasteiger partial charge < -0.3 is 5.32 Å². The molecule has 3 rings (SSSR count). The molecule has 0 amide bonds. The maximum Gasteiger partial charge on any atom is 0.0604 e. The van der Waals surface area contributed by atoms with Crippen LogP contribution in [-0.4, -0.2) is 16.8 Å². The number of nitrogens with one attached hydrogen (secondary N) is 1. The van der Waals surface area contributed by atoms with Crippen molar-refractivity contribution in [3.63, 3.8) is 0 Å². The highest BCUT2D eigenvalue weighted by Crippen LogP contribution is 2.21. The van der Waals surface area contributed by atoms with Crippen LogP contribution in [0.2, 0.25) is 0 Å². The van der Waals surface area contributed by atoms with Crippen molar-refractivity contribution in [2.24, 2.45) is 0 Å². The molecule has 1 N–H and O–H groups in total. The van der Waals surface area contributed by atoms with E-state index in [0.717, 1.165) is 12.2 Å². The van der Waals surface area contributed by atoms with E-state index in [-0.39, 0.29) is 6.04 Å². The van der Waals surface area contributed by atoms with Crippen LogP contribution in [0.15, 0.2) is 54.7 Å². The first-order chi connectivity index (χ1) is 9.76. The average Bonchev–Trinajstić information content (AvgIpc) is 2.89. The Balaban J connectivity index is 1.90. The third-order valence-electron chi connectivity index (χ3n) is 3.67. The molecule has 0 aliphatic heterocycles. The molecule has 0 radical (unpaired) electrons. The van der Waals surface area contributed by atoms with Gasteiger partial charge in [0.25, 0.3) is 0 Å². The van der Waals surface area contributed by atoms with Gasteiger partial charge in [0, 0.05) is 6.20 Å². The zero-order valence-corrected chi connectivity index (χ0v) is 11.9. The molecule has 0 spiro atoms. The normalized spacial score (nSPS) is 12.7. The summed E-state index contributed by atoms with van der Waals surface area (Å²) in [5.74, 6) is 0. The zero-order chi connectivity index (χ0) is 13.9. The number of hydrogen-bond donors (Lipinski definition) is 1. The minimum atomic E-state index is 0.263. The number of likely N-dealkylation sites (N-methyl/N-ethyl adjacent to an activating group) is 1. The molecule has 0 saturated heterocycles. The Morgan fingerprint density at radius 1 is 1.10 bits per heavy atom. The van der Waals surface area contributed by atoms with Crippen molar-refractivity contribution in [1.29, 1.82) is 0 Å². The standard InChI is InChI=1S/C17H19N3/c1-13-9-10-20(19-13)12-17(18-2)16-8-7-14-5-3-4-6-15(14)11-16/h3-11,17-18H,12H2,1-2H3. The summed E-state index contributed by atoms with van der Waals surface area (Å²) in [5, 5.41) is 10.4. The van der Waals surface area contributed by atoms with E-state index in [0.29, 0.717) is 0 Å². The van der Waals surface area contributed by atoms with Crippen molar-refractivity contribution in [2.75, 3.05) is 7.05 Å². The molecular weight excluding hydrogens is 246 g/mol. The Kier molecular flexibility index (Phi) is 3.52. The maximum atomic E-state index is 4.46. The lowest BCUT2D eigenvalue weighted by Crippen LogP contribution is -2.22. The average molecular weight is 265 g/mol. The van der Waals surface area contributed by atoms with Crippen LogP contribution >= 0.6 is 0 Å². The quantitative estimate of drug-likeness (QED) is 0.784. The van der Waals surface area contributed by atoms with Gasteiger partial charge in [0.1, 0.15) is 0 Å². The fraction of sp³-hybridized carbons (Fsp3) is 0.235. The molecule has 1 atom stereocenters. The zero-order valence-electron chi connectivity index (χ0n) is 11.9. The second-order valence-electron chi connectivity index (χ2n) is 5.13. The van der Waals surface area contributed by atoms with E-state index in [2.05, 4.69) is 52.9 Å². The number of aromatic nitrogens is 2. The van der Waals surface area contributed by atoms with Gasteiger partial charge in [-0.25, -0.2) is 0 Å². The van der Waals surface area contributed by atoms with E-state index in [1.807, 2.05) is 30.9 Å². The molecule has 0 aliphatic carbocycles. The fourth-order valence-electron chi connectivity index (χ4n) is 2.54. The Hall–Kier alpha value is -2.13. The highest BCUT2D eigenvalue weighted by atomic mass is 15.3. The summed E-state index contributed by atoms with van der Waals surface area (Å²) in [4.78, 5) is 0. The van der Waals surface area contributed by atoms with Gasteiger partial charge in [0.05, 0.1) is 18.3 Å². The SMILES string of the molecule is CNC(Cn1ccc(C)n1)c1ccc2ccccc2c1. The monoisotopic (exact) mass is 265 g/mol. The van der Waals surface area contributed by atoms with E-state index in [4.69, 9.17) is 0 Å². The molecule has 3 heteroatoms. The second kappa shape index (κ2) is 5.47. The Morgan fingerprint density at radius 3 is 2.60 bits per heavy atom. The van der Waals surface area contributed by atoms with Crippen molar-refractivity contribution < 1.29 is 0 Å². The van der Waals surface area contributed by atoms with Crippen molar-refractivity contribution in [3.8, 4) is 0 Å². The van der Waals surface area contributed by atoms with Crippen molar-refractivity contribution in [1.82, 2.24) is 15.1 Å². The summed E-state index contributed by atoms with van der Waals surface area (Å²) in [6.07, 6.45) is 2.03. The van der Waals surface area contributed by atoms with E-state index < -0.39 is 0 Å². The molecule has 1 unspecified atom stereocenters. The summed E-state index contributed by atoms with van der Waals surface area (Å²) in [6.45, 7) is 2.85. The van der Waals surface area contributed by atoms with Crippen LogP contribution in [-0.2, 0) is 6.54 Å². The lowest BCUT2D eigenvalue weighted by Gasteiger charge is -2.17. The van der Waals surface area contributed by atoms with Gasteiger partial charge in [0.2, 0.25) is 0 Å². The molecule has 102 valence electrons. The van der Waals surface area contributed by atoms with Gasteiger partial charge in [-0.1, -0.05) is 36.4 Å². The molecular formula is C17H19N3. The lowest BCUT2D eigenvalue weighted by atomic mass is 10.0. The second-order valence-corrected chi connectivity index (χ2v) is 5.13. The predicted octanol–water partition coefficient (Wildman–Crippen LogP) is 3.31. The molecule has 1 heterocycles. The summed E-state index contributed by atoms with van der Waals surface area (Å²) < 4.78 is 1.99. The van der Waals surface area contributed by atoms with Crippen LogP contribution in [0.1, 0.15) is 17.3 Å². The van der Waals surface area contributed by atoms with Crippen molar-refractivity contribution in [2.45, 2.75) is 19.5 Å². The maximum absolute atomic E-state index is 4.46. The van der Waals surface area contributed by atoms with Gasteiger partial charge in [-0.3, -0.25) is 4.68 Å². The van der Waals surface area contributed by atoms with Crippen molar-refractivity contribution >= 4 is 10.8 Å². The Morgan fingerprint density at radius 2 is 1.90 bits per heavy atom. The van der Waals surface area contributed by atoms with Crippen LogP contribution in [0.4, 0.5) is 0 Å². The predicted molar refractivity (Wildman–Crippen MR) is 82.7 cm³/mol. The van der Waals surface area contributed by atoms with Crippen LogP contribution in [0, 0.1) is 6.92 Å². The minimum absolute atomic E-state index is 0.263. The summed E-state index contributed by atoms with van der Waals surface area (Å²) >= 11 is 0. The minimum Gasteiger partial charge on any atom is -0.311 e. The van der Waals surface area contributed by atoms with Gasteiger partial charge in [-0.05, 0) is 42.4 Å². The first kappa shape index (κ1) is 12.9.